The molecule has 0 amide bonds. The highest BCUT2D eigenvalue weighted by atomic mass is 16.5. The largest absolute Gasteiger partial charge is 0.508 e. The second-order valence-electron chi connectivity index (χ2n) is 7.25. The lowest BCUT2D eigenvalue weighted by molar-refractivity contribution is 0.0398. The molecule has 7 heteroatoms. The topological polar surface area (TPSA) is 85.4 Å². The number of nitrogens with one attached hydrogen (secondary N) is 3. The number of benzene rings is 2. The zero-order valence-corrected chi connectivity index (χ0v) is 16.6. The average Bonchev–Trinajstić information content (AvgIpc) is 3.19. The van der Waals surface area contributed by atoms with E-state index in [2.05, 4.69) is 50.9 Å². The molecule has 0 spiro atoms. The molecule has 1 aliphatic heterocycles. The summed E-state index contributed by atoms with van der Waals surface area (Å²) in [4.78, 5) is 2.42. The number of aromatic hydroxyl groups is 1. The number of rotatable bonds is 7. The van der Waals surface area contributed by atoms with Crippen molar-refractivity contribution < 1.29 is 9.84 Å². The number of aromatic nitrogens is 2. The first-order valence-electron chi connectivity index (χ1n) is 9.94. The summed E-state index contributed by atoms with van der Waals surface area (Å²) in [7, 11) is 0. The number of H-pyrrole nitrogens is 1. The van der Waals surface area contributed by atoms with Crippen molar-refractivity contribution in [1.29, 1.82) is 0 Å². The van der Waals surface area contributed by atoms with Gasteiger partial charge in [-0.1, -0.05) is 12.1 Å². The van der Waals surface area contributed by atoms with Crippen molar-refractivity contribution in [2.24, 2.45) is 0 Å². The van der Waals surface area contributed by atoms with Crippen molar-refractivity contribution in [3.63, 3.8) is 0 Å². The van der Waals surface area contributed by atoms with Crippen LogP contribution in [0.3, 0.4) is 0 Å². The molecule has 2 heterocycles. The van der Waals surface area contributed by atoms with E-state index in [1.54, 1.807) is 12.1 Å². The molecular formula is C22H27N5O2. The summed E-state index contributed by atoms with van der Waals surface area (Å²) in [5.74, 6) is 0.971. The van der Waals surface area contributed by atoms with Crippen LogP contribution in [0.5, 0.6) is 5.75 Å². The molecule has 1 saturated heterocycles. The minimum Gasteiger partial charge on any atom is -0.508 e. The summed E-state index contributed by atoms with van der Waals surface area (Å²) in [6.07, 6.45) is 0. The lowest BCUT2D eigenvalue weighted by atomic mass is 10.1. The molecule has 4 rings (SSSR count). The van der Waals surface area contributed by atoms with Crippen LogP contribution in [-0.4, -0.2) is 59.6 Å². The zero-order chi connectivity index (χ0) is 20.1. The molecule has 7 nitrogen and oxygen atoms in total. The van der Waals surface area contributed by atoms with Crippen molar-refractivity contribution in [3.05, 3.63) is 54.1 Å². The number of ether oxygens (including phenoxy) is 1. The quantitative estimate of drug-likeness (QED) is 0.491. The smallest absolute Gasteiger partial charge is 0.152 e. The van der Waals surface area contributed by atoms with E-state index in [1.807, 2.05) is 18.2 Å². The zero-order valence-electron chi connectivity index (χ0n) is 16.6. The van der Waals surface area contributed by atoms with Crippen molar-refractivity contribution in [1.82, 2.24) is 15.1 Å². The molecule has 2 aromatic carbocycles. The predicted octanol–water partition coefficient (Wildman–Crippen LogP) is 3.58. The van der Waals surface area contributed by atoms with Gasteiger partial charge >= 0.3 is 0 Å². The van der Waals surface area contributed by atoms with Crippen molar-refractivity contribution in [3.8, 4) is 17.0 Å². The van der Waals surface area contributed by atoms with Crippen LogP contribution >= 0.6 is 0 Å². The summed E-state index contributed by atoms with van der Waals surface area (Å²) in [5, 5.41) is 23.8. The van der Waals surface area contributed by atoms with Gasteiger partial charge in [0.2, 0.25) is 0 Å². The van der Waals surface area contributed by atoms with Gasteiger partial charge in [-0.25, -0.2) is 0 Å². The second-order valence-corrected chi connectivity index (χ2v) is 7.25. The van der Waals surface area contributed by atoms with Crippen LogP contribution in [0.2, 0.25) is 0 Å². The first kappa shape index (κ1) is 19.3. The Balaban J connectivity index is 1.34. The summed E-state index contributed by atoms with van der Waals surface area (Å²) < 4.78 is 5.39. The third-order valence-corrected chi connectivity index (χ3v) is 5.09. The maximum Gasteiger partial charge on any atom is 0.152 e. The molecule has 152 valence electrons. The fourth-order valence-electron chi connectivity index (χ4n) is 3.44. The summed E-state index contributed by atoms with van der Waals surface area (Å²) in [6.45, 7) is 7.71. The van der Waals surface area contributed by atoms with E-state index in [1.165, 1.54) is 0 Å². The van der Waals surface area contributed by atoms with E-state index >= 15 is 0 Å². The number of hydrogen-bond donors (Lipinski definition) is 4. The van der Waals surface area contributed by atoms with Crippen LogP contribution in [0, 0.1) is 6.92 Å². The van der Waals surface area contributed by atoms with Gasteiger partial charge in [-0.3, -0.25) is 10.00 Å². The molecule has 4 N–H and O–H groups in total. The van der Waals surface area contributed by atoms with Gasteiger partial charge < -0.3 is 20.5 Å². The van der Waals surface area contributed by atoms with Gasteiger partial charge in [-0.2, -0.15) is 5.10 Å². The summed E-state index contributed by atoms with van der Waals surface area (Å²) >= 11 is 0. The van der Waals surface area contributed by atoms with Gasteiger partial charge in [0.15, 0.2) is 5.82 Å². The molecule has 0 unspecified atom stereocenters. The number of nitrogens with zero attached hydrogens (tertiary/aromatic N) is 2. The Kier molecular flexibility index (Phi) is 5.97. The maximum atomic E-state index is 9.65. The number of hydrogen-bond acceptors (Lipinski definition) is 6. The number of phenols is 1. The molecular weight excluding hydrogens is 366 g/mol. The minimum atomic E-state index is 0.235. The van der Waals surface area contributed by atoms with Crippen LogP contribution in [0.25, 0.3) is 11.3 Å². The monoisotopic (exact) mass is 393 g/mol. The number of aromatic amines is 1. The highest BCUT2D eigenvalue weighted by Gasteiger charge is 2.10. The molecule has 1 aromatic heterocycles. The van der Waals surface area contributed by atoms with Crippen LogP contribution in [0.15, 0.2) is 48.5 Å². The standard InChI is InChI=1S/C22H27N5O2/c1-16-13-18(23-7-8-27-9-11-29-12-10-27)5-6-20(16)24-22-15-21(25-26-22)17-3-2-4-19(28)14-17/h2-6,13-15,23,28H,7-12H2,1H3,(H2,24,25,26). The SMILES string of the molecule is Cc1cc(NCCN2CCOCC2)ccc1Nc1cc(-c2cccc(O)c2)[nH]n1. The van der Waals surface area contributed by atoms with Gasteiger partial charge in [0, 0.05) is 49.2 Å². The third kappa shape index (κ3) is 5.07. The molecule has 0 bridgehead atoms. The number of anilines is 3. The molecule has 1 aliphatic rings. The van der Waals surface area contributed by atoms with Gasteiger partial charge in [0.25, 0.3) is 0 Å². The summed E-state index contributed by atoms with van der Waals surface area (Å²) in [6, 6.07) is 15.3. The molecule has 29 heavy (non-hydrogen) atoms. The third-order valence-electron chi connectivity index (χ3n) is 5.09. The van der Waals surface area contributed by atoms with E-state index < -0.39 is 0 Å². The number of aryl methyl sites for hydroxylation is 1. The van der Waals surface area contributed by atoms with E-state index in [0.717, 1.165) is 73.4 Å². The Labute approximate surface area is 170 Å². The molecule has 3 aromatic rings. The van der Waals surface area contributed by atoms with E-state index in [9.17, 15) is 5.11 Å². The molecule has 0 aliphatic carbocycles. The van der Waals surface area contributed by atoms with Crippen LogP contribution < -0.4 is 10.6 Å². The normalized spacial score (nSPS) is 14.7. The Morgan fingerprint density at radius 1 is 1.14 bits per heavy atom. The van der Waals surface area contributed by atoms with Gasteiger partial charge in [0.1, 0.15) is 5.75 Å². The minimum absolute atomic E-state index is 0.235. The van der Waals surface area contributed by atoms with Gasteiger partial charge in [-0.15, -0.1) is 0 Å². The fraction of sp³-hybridized carbons (Fsp3) is 0.318. The van der Waals surface area contributed by atoms with Crippen molar-refractivity contribution in [2.45, 2.75) is 6.92 Å². The Morgan fingerprint density at radius 2 is 2.00 bits per heavy atom. The molecule has 1 fully saturated rings. The van der Waals surface area contributed by atoms with Crippen LogP contribution in [-0.2, 0) is 4.74 Å². The lowest BCUT2D eigenvalue weighted by Crippen LogP contribution is -2.39. The molecule has 0 saturated carbocycles. The number of morpholine rings is 1. The van der Waals surface area contributed by atoms with Crippen molar-refractivity contribution in [2.75, 3.05) is 50.0 Å². The number of phenolic OH excluding ortho intramolecular Hbond substituents is 1. The average molecular weight is 393 g/mol. The highest BCUT2D eigenvalue weighted by Crippen LogP contribution is 2.26. The first-order chi connectivity index (χ1) is 14.2. The Bertz CT molecular complexity index is 950. The van der Waals surface area contributed by atoms with Gasteiger partial charge in [-0.05, 0) is 42.8 Å². The fourth-order valence-corrected chi connectivity index (χ4v) is 3.44. The Hall–Kier alpha value is -3.03. The van der Waals surface area contributed by atoms with E-state index in [-0.39, 0.29) is 5.75 Å². The summed E-state index contributed by atoms with van der Waals surface area (Å²) in [5.41, 5.74) is 5.01. The van der Waals surface area contributed by atoms with Crippen LogP contribution in [0.1, 0.15) is 5.56 Å². The molecule has 0 radical (unpaired) electrons. The second kappa shape index (κ2) is 8.98. The van der Waals surface area contributed by atoms with E-state index in [4.69, 9.17) is 4.74 Å². The molecule has 0 atom stereocenters. The highest BCUT2D eigenvalue weighted by molar-refractivity contribution is 5.69. The Morgan fingerprint density at radius 3 is 2.79 bits per heavy atom. The maximum absolute atomic E-state index is 9.65. The van der Waals surface area contributed by atoms with Gasteiger partial charge in [0.05, 0.1) is 18.9 Å². The first-order valence-corrected chi connectivity index (χ1v) is 9.94. The lowest BCUT2D eigenvalue weighted by Gasteiger charge is -2.26. The predicted molar refractivity (Wildman–Crippen MR) is 116 cm³/mol. The van der Waals surface area contributed by atoms with Crippen molar-refractivity contribution >= 4 is 17.2 Å². The van der Waals surface area contributed by atoms with Crippen LogP contribution in [0.4, 0.5) is 17.2 Å². The van der Waals surface area contributed by atoms with E-state index in [0.29, 0.717) is 0 Å².